The molecule has 0 radical (unpaired) electrons. The van der Waals surface area contributed by atoms with Gasteiger partial charge in [-0.1, -0.05) is 0 Å². The van der Waals surface area contributed by atoms with Crippen LogP contribution in [-0.4, -0.2) is 38.9 Å². The first-order valence-corrected chi connectivity index (χ1v) is 2.78. The van der Waals surface area contributed by atoms with E-state index in [9.17, 15) is 0 Å². The van der Waals surface area contributed by atoms with Crippen molar-refractivity contribution in [3.8, 4) is 0 Å². The fourth-order valence-electron chi connectivity index (χ4n) is 0.0408. The third kappa shape index (κ3) is 1790. The van der Waals surface area contributed by atoms with Gasteiger partial charge in [-0.3, -0.25) is 0 Å². The maximum Gasteiger partial charge on any atom is 0.291 e. The molecule has 0 bridgehead atoms. The monoisotopic (exact) mass is 220 g/mol. The Labute approximate surface area is 77.2 Å². The fourth-order valence-corrected chi connectivity index (χ4v) is 0.122. The van der Waals surface area contributed by atoms with Crippen LogP contribution >= 0.6 is 12.9 Å². The molecular formula is C2H8N2O8S. The van der Waals surface area contributed by atoms with E-state index < -0.39 is 10.2 Å². The van der Waals surface area contributed by atoms with Crippen LogP contribution in [0, 0.1) is 20.2 Å². The predicted octanol–water partition coefficient (Wildman–Crippen LogP) is -0.855. The lowest BCUT2D eigenvalue weighted by molar-refractivity contribution is -0.742. The maximum atomic E-state index is 8.36. The lowest BCUT2D eigenvalue weighted by Gasteiger charge is -1.82. The predicted molar refractivity (Wildman–Crippen MR) is 39.6 cm³/mol. The molecule has 0 aliphatic heterocycles. The second kappa shape index (κ2) is 17.0. The molecule has 0 rings (SSSR count). The van der Waals surface area contributed by atoms with Crippen LogP contribution in [-0.2, 0) is 4.18 Å². The Morgan fingerprint density at radius 1 is 1.23 bits per heavy atom. The van der Waals surface area contributed by atoms with Crippen molar-refractivity contribution in [3.63, 3.8) is 0 Å². The average molecular weight is 220 g/mol. The zero-order chi connectivity index (χ0) is 11.3. The Hall–Kier alpha value is -1.33. The summed E-state index contributed by atoms with van der Waals surface area (Å²) in [6, 6.07) is 0. The highest BCUT2D eigenvalue weighted by Gasteiger charge is 1.68. The van der Waals surface area contributed by atoms with E-state index in [1.54, 1.807) is 0 Å². The average Bonchev–Trinajstić information content (AvgIpc) is 1.86. The number of rotatable bonds is 2. The summed E-state index contributed by atoms with van der Waals surface area (Å²) in [4.78, 5) is 16.7. The van der Waals surface area contributed by atoms with E-state index in [0.29, 0.717) is 6.61 Å². The number of hydrogen-bond acceptors (Lipinski definition) is 7. The maximum absolute atomic E-state index is 8.36. The minimum absolute atomic E-state index is 0.0451. The van der Waals surface area contributed by atoms with Gasteiger partial charge in [0, 0.05) is 0 Å². The molecule has 3 N–H and O–H groups in total. The van der Waals surface area contributed by atoms with E-state index in [2.05, 4.69) is 17.1 Å². The summed E-state index contributed by atoms with van der Waals surface area (Å²) in [6.45, 7) is 0.354. The lowest BCUT2D eigenvalue weighted by Crippen LogP contribution is -1.87. The molecule has 0 aliphatic rings. The van der Waals surface area contributed by atoms with E-state index in [0.717, 1.165) is 0 Å². The molecule has 0 heterocycles. The summed E-state index contributed by atoms with van der Waals surface area (Å²) in [5.41, 5.74) is 0. The van der Waals surface area contributed by atoms with Crippen LogP contribution in [0.3, 0.4) is 0 Å². The van der Waals surface area contributed by atoms with Crippen LogP contribution in [0.5, 0.6) is 0 Å². The number of aliphatic hydroxyl groups is 1. The van der Waals surface area contributed by atoms with Gasteiger partial charge in [-0.15, -0.1) is 20.2 Å². The van der Waals surface area contributed by atoms with Gasteiger partial charge < -0.3 is 19.7 Å². The van der Waals surface area contributed by atoms with Crippen molar-refractivity contribution in [1.29, 1.82) is 0 Å². The normalized spacial score (nSPS) is 6.92. The summed E-state index contributed by atoms with van der Waals surface area (Å²) >= 11 is 3.34. The van der Waals surface area contributed by atoms with Crippen molar-refractivity contribution >= 4 is 12.9 Å². The molecule has 11 heteroatoms. The zero-order valence-corrected chi connectivity index (χ0v) is 7.03. The highest BCUT2D eigenvalue weighted by molar-refractivity contribution is 7.75. The standard InChI is InChI=1S/C2H6O2S.2HNO3/c3-1-2-4-5;2*2-1(3)4/h3,5H,1-2H2;2*(H,2,3,4). The Morgan fingerprint density at radius 3 is 1.46 bits per heavy atom. The smallest absolute Gasteiger partial charge is 0.291 e. The molecule has 13 heavy (non-hydrogen) atoms. The van der Waals surface area contributed by atoms with Gasteiger partial charge in [-0.25, -0.2) is 0 Å². The molecule has 0 saturated carbocycles. The van der Waals surface area contributed by atoms with Gasteiger partial charge in [0.2, 0.25) is 0 Å². The molecule has 0 spiro atoms. The SMILES string of the molecule is O=[N+]([O-])O.O=[N+]([O-])O.OCCOS. The van der Waals surface area contributed by atoms with Gasteiger partial charge in [-0.2, -0.15) is 0 Å². The molecule has 0 aromatic heterocycles. The second-order valence-corrected chi connectivity index (χ2v) is 1.29. The van der Waals surface area contributed by atoms with Gasteiger partial charge >= 0.3 is 0 Å². The molecule has 80 valence electrons. The van der Waals surface area contributed by atoms with Gasteiger partial charge in [0.05, 0.1) is 13.2 Å². The highest BCUT2D eigenvalue weighted by Crippen LogP contribution is 1.71. The van der Waals surface area contributed by atoms with E-state index in [1.165, 1.54) is 0 Å². The minimum Gasteiger partial charge on any atom is -0.394 e. The molecule has 0 aromatic rings. The van der Waals surface area contributed by atoms with Crippen LogP contribution in [0.1, 0.15) is 0 Å². The number of thiol groups is 1. The number of hydrogen-bond donors (Lipinski definition) is 4. The molecule has 0 amide bonds. The van der Waals surface area contributed by atoms with Crippen molar-refractivity contribution < 1.29 is 29.9 Å². The van der Waals surface area contributed by atoms with Gasteiger partial charge in [0.15, 0.2) is 0 Å². The number of nitrogens with zero attached hydrogens (tertiary/aromatic N) is 2. The molecule has 0 atom stereocenters. The first kappa shape index (κ1) is 17.7. The zero-order valence-electron chi connectivity index (χ0n) is 6.14. The summed E-state index contributed by atoms with van der Waals surface area (Å²) < 4.78 is 4.14. The Bertz CT molecular complexity index is 107. The first-order valence-electron chi connectivity index (χ1n) is 2.42. The molecular weight excluding hydrogens is 212 g/mol. The van der Waals surface area contributed by atoms with Crippen LogP contribution in [0.25, 0.3) is 0 Å². The Kier molecular flexibility index (Phi) is 23.1. The van der Waals surface area contributed by atoms with E-state index >= 15 is 0 Å². The van der Waals surface area contributed by atoms with Crippen LogP contribution in [0.4, 0.5) is 0 Å². The summed E-state index contributed by atoms with van der Waals surface area (Å²) in [5.74, 6) is 0. The van der Waals surface area contributed by atoms with Crippen molar-refractivity contribution in [2.45, 2.75) is 0 Å². The topological polar surface area (TPSA) is 156 Å². The van der Waals surface area contributed by atoms with Crippen LogP contribution in [0.2, 0.25) is 0 Å². The van der Waals surface area contributed by atoms with E-state index in [-0.39, 0.29) is 6.61 Å². The molecule has 10 nitrogen and oxygen atoms in total. The highest BCUT2D eigenvalue weighted by atomic mass is 32.1. The molecule has 0 aliphatic carbocycles. The molecule has 0 unspecified atom stereocenters. The van der Waals surface area contributed by atoms with E-state index in [1.807, 2.05) is 0 Å². The largest absolute Gasteiger partial charge is 0.394 e. The van der Waals surface area contributed by atoms with E-state index in [4.69, 9.17) is 35.7 Å². The molecule has 0 saturated heterocycles. The fraction of sp³-hybridized carbons (Fsp3) is 1.00. The summed E-state index contributed by atoms with van der Waals surface area (Å²) in [7, 11) is 0. The minimum atomic E-state index is -1.50. The molecule has 0 aromatic carbocycles. The lowest BCUT2D eigenvalue weighted by atomic mass is 10.8. The van der Waals surface area contributed by atoms with Gasteiger partial charge in [0.25, 0.3) is 10.2 Å². The third-order valence-electron chi connectivity index (χ3n) is 0.183. The van der Waals surface area contributed by atoms with Crippen LogP contribution in [0.15, 0.2) is 0 Å². The third-order valence-corrected chi connectivity index (χ3v) is 0.365. The first-order chi connectivity index (χ1) is 5.88. The summed E-state index contributed by atoms with van der Waals surface area (Å²) in [6.07, 6.45) is 0. The quantitative estimate of drug-likeness (QED) is 0.203. The van der Waals surface area contributed by atoms with Gasteiger partial charge in [-0.05, 0) is 12.9 Å². The van der Waals surface area contributed by atoms with Crippen molar-refractivity contribution in [1.82, 2.24) is 0 Å². The van der Waals surface area contributed by atoms with Crippen molar-refractivity contribution in [3.05, 3.63) is 20.2 Å². The second-order valence-electron chi connectivity index (χ2n) is 1.03. The van der Waals surface area contributed by atoms with Crippen molar-refractivity contribution in [2.75, 3.05) is 13.2 Å². The summed E-state index contributed by atoms with van der Waals surface area (Å²) in [5, 5.41) is 35.2. The van der Waals surface area contributed by atoms with Crippen LogP contribution < -0.4 is 0 Å². The van der Waals surface area contributed by atoms with Gasteiger partial charge in [0.1, 0.15) is 0 Å². The Balaban J connectivity index is -0.000000117. The number of aliphatic hydroxyl groups excluding tert-OH is 1. The molecule has 0 fully saturated rings. The van der Waals surface area contributed by atoms with Crippen molar-refractivity contribution in [2.24, 2.45) is 0 Å². The Morgan fingerprint density at radius 2 is 1.46 bits per heavy atom.